The number of para-hydroxylation sites is 1. The number of hydrogen-bond donors (Lipinski definition) is 2. The number of likely N-dealkylation sites (tertiary alicyclic amines) is 2. The van der Waals surface area contributed by atoms with Crippen molar-refractivity contribution in [3.05, 3.63) is 64.2 Å². The second kappa shape index (κ2) is 15.3. The molecule has 0 bridgehead atoms. The number of nitrogens with zero attached hydrogens (tertiary/aromatic N) is 5. The summed E-state index contributed by atoms with van der Waals surface area (Å²) in [6.45, 7) is 12.7. The lowest BCUT2D eigenvalue weighted by atomic mass is 9.89. The molecule has 11 heteroatoms. The number of anilines is 1. The Balaban J connectivity index is 1.07. The fourth-order valence-corrected chi connectivity index (χ4v) is 8.25. The smallest absolute Gasteiger partial charge is 0.322 e. The van der Waals surface area contributed by atoms with E-state index in [-0.39, 0.29) is 36.9 Å². The van der Waals surface area contributed by atoms with Crippen LogP contribution in [0.25, 0.3) is 0 Å². The first-order valence-corrected chi connectivity index (χ1v) is 18.0. The number of carboxylic acids is 1. The van der Waals surface area contributed by atoms with Crippen LogP contribution in [0.3, 0.4) is 0 Å². The van der Waals surface area contributed by atoms with Gasteiger partial charge in [-0.3, -0.25) is 24.2 Å². The van der Waals surface area contributed by atoms with Gasteiger partial charge in [-0.25, -0.2) is 4.79 Å². The average molecular weight is 673 g/mol. The minimum atomic E-state index is -0.785. The van der Waals surface area contributed by atoms with Crippen LogP contribution in [-0.2, 0) is 27.3 Å². The first-order valence-electron chi connectivity index (χ1n) is 18.0. The number of hydrogen-bond acceptors (Lipinski definition) is 6. The molecule has 11 nitrogen and oxygen atoms in total. The molecule has 0 radical (unpaired) electrons. The monoisotopic (exact) mass is 672 g/mol. The number of carboxylic acid groups (broad SMARTS) is 1. The van der Waals surface area contributed by atoms with Gasteiger partial charge in [-0.15, -0.1) is 0 Å². The fraction of sp³-hybridized carbons (Fsp3) is 0.579. The van der Waals surface area contributed by atoms with Crippen LogP contribution in [-0.4, -0.2) is 124 Å². The number of benzene rings is 2. The summed E-state index contributed by atoms with van der Waals surface area (Å²) in [7, 11) is 0. The quantitative estimate of drug-likeness (QED) is 0.415. The number of fused-ring (bicyclic) bond motifs is 1. The molecule has 0 saturated carbocycles. The summed E-state index contributed by atoms with van der Waals surface area (Å²) in [6.07, 6.45) is 3.91. The number of urea groups is 1. The molecule has 4 aliphatic rings. The maximum absolute atomic E-state index is 14.2. The molecular formula is C38H52N6O5. The Morgan fingerprint density at radius 2 is 1.45 bits per heavy atom. The van der Waals surface area contributed by atoms with E-state index in [1.165, 1.54) is 16.7 Å². The highest BCUT2D eigenvalue weighted by molar-refractivity contribution is 5.92. The standard InChI is InChI=1S/C38H52N6O5/c1-26-20-29(21-27(2)28(26)3)22-31(37(48)43-14-8-32(9-15-43)41-18-16-40(17-19-41)25-36(46)47)23-35(45)42-12-10-33(11-13-42)44-24-30-6-4-5-7-34(30)39-38(44)49/h4-7,20-21,31-33H,8-19,22-25H2,1-3H3,(H,39,49)(H,46,47). The van der Waals surface area contributed by atoms with Crippen molar-refractivity contribution in [1.29, 1.82) is 0 Å². The van der Waals surface area contributed by atoms with E-state index in [0.717, 1.165) is 55.8 Å². The maximum Gasteiger partial charge on any atom is 0.322 e. The van der Waals surface area contributed by atoms with Gasteiger partial charge in [0, 0.05) is 83.1 Å². The van der Waals surface area contributed by atoms with E-state index >= 15 is 0 Å². The summed E-state index contributed by atoms with van der Waals surface area (Å²) in [5.41, 5.74) is 6.71. The van der Waals surface area contributed by atoms with E-state index < -0.39 is 11.9 Å². The zero-order valence-electron chi connectivity index (χ0n) is 29.3. The number of carbonyl (C=O) groups excluding carboxylic acids is 3. The van der Waals surface area contributed by atoms with Crippen molar-refractivity contribution >= 4 is 29.5 Å². The summed E-state index contributed by atoms with van der Waals surface area (Å²) < 4.78 is 0. The molecule has 1 unspecified atom stereocenters. The highest BCUT2D eigenvalue weighted by atomic mass is 16.4. The Morgan fingerprint density at radius 3 is 2.10 bits per heavy atom. The topological polar surface area (TPSA) is 117 Å². The van der Waals surface area contributed by atoms with Crippen LogP contribution in [0.2, 0.25) is 0 Å². The van der Waals surface area contributed by atoms with Gasteiger partial charge in [-0.1, -0.05) is 30.3 Å². The molecule has 2 N–H and O–H groups in total. The summed E-state index contributed by atoms with van der Waals surface area (Å²) in [5.74, 6) is -1.15. The molecule has 49 heavy (non-hydrogen) atoms. The minimum absolute atomic E-state index is 0.0138. The second-order valence-electron chi connectivity index (χ2n) is 14.5. The molecule has 0 aromatic heterocycles. The van der Waals surface area contributed by atoms with E-state index in [1.54, 1.807) is 0 Å². The van der Waals surface area contributed by atoms with Crippen molar-refractivity contribution in [2.45, 2.75) is 77.9 Å². The van der Waals surface area contributed by atoms with Crippen molar-refractivity contribution in [3.8, 4) is 0 Å². The van der Waals surface area contributed by atoms with Crippen LogP contribution < -0.4 is 5.32 Å². The molecule has 4 amide bonds. The molecule has 3 saturated heterocycles. The molecule has 3 fully saturated rings. The third-order valence-corrected chi connectivity index (χ3v) is 11.4. The maximum atomic E-state index is 14.2. The Morgan fingerprint density at radius 1 is 0.837 bits per heavy atom. The number of carbonyl (C=O) groups is 4. The minimum Gasteiger partial charge on any atom is -0.480 e. The molecule has 2 aromatic carbocycles. The van der Waals surface area contributed by atoms with Gasteiger partial charge in [0.2, 0.25) is 11.8 Å². The van der Waals surface area contributed by atoms with Crippen LogP contribution in [0, 0.1) is 26.7 Å². The van der Waals surface area contributed by atoms with E-state index in [9.17, 15) is 19.2 Å². The Kier molecular flexibility index (Phi) is 10.9. The summed E-state index contributed by atoms with van der Waals surface area (Å²) in [4.78, 5) is 62.3. The largest absolute Gasteiger partial charge is 0.480 e. The highest BCUT2D eigenvalue weighted by Gasteiger charge is 2.36. The van der Waals surface area contributed by atoms with Gasteiger partial charge in [0.1, 0.15) is 0 Å². The van der Waals surface area contributed by atoms with Gasteiger partial charge in [0.25, 0.3) is 0 Å². The molecule has 4 heterocycles. The van der Waals surface area contributed by atoms with E-state index in [0.29, 0.717) is 58.0 Å². The van der Waals surface area contributed by atoms with Gasteiger partial charge >= 0.3 is 12.0 Å². The predicted molar refractivity (Wildman–Crippen MR) is 188 cm³/mol. The number of aliphatic carboxylic acids is 1. The van der Waals surface area contributed by atoms with Gasteiger partial charge in [-0.05, 0) is 86.8 Å². The van der Waals surface area contributed by atoms with Gasteiger partial charge in [0.05, 0.1) is 12.5 Å². The molecule has 0 aliphatic carbocycles. The molecular weight excluding hydrogens is 620 g/mol. The van der Waals surface area contributed by atoms with Gasteiger partial charge < -0.3 is 25.1 Å². The Hall–Kier alpha value is -3.96. The fourth-order valence-electron chi connectivity index (χ4n) is 8.25. The van der Waals surface area contributed by atoms with Crippen molar-refractivity contribution in [1.82, 2.24) is 24.5 Å². The summed E-state index contributed by atoms with van der Waals surface area (Å²) in [6, 6.07) is 12.6. The number of piperidine rings is 2. The molecule has 2 aromatic rings. The zero-order valence-corrected chi connectivity index (χ0v) is 29.3. The van der Waals surface area contributed by atoms with Crippen LogP contribution in [0.1, 0.15) is 59.9 Å². The number of nitrogens with one attached hydrogen (secondary N) is 1. The van der Waals surface area contributed by atoms with Crippen molar-refractivity contribution < 1.29 is 24.3 Å². The predicted octanol–water partition coefficient (Wildman–Crippen LogP) is 3.89. The lowest BCUT2D eigenvalue weighted by Gasteiger charge is -2.43. The van der Waals surface area contributed by atoms with E-state index in [1.807, 2.05) is 43.9 Å². The molecule has 6 rings (SSSR count). The Bertz CT molecular complexity index is 1520. The lowest BCUT2D eigenvalue weighted by Crippen LogP contribution is -2.55. The molecule has 264 valence electrons. The van der Waals surface area contributed by atoms with Crippen LogP contribution >= 0.6 is 0 Å². The van der Waals surface area contributed by atoms with Gasteiger partial charge in [0.15, 0.2) is 0 Å². The summed E-state index contributed by atoms with van der Waals surface area (Å²) >= 11 is 0. The van der Waals surface area contributed by atoms with Crippen LogP contribution in [0.15, 0.2) is 36.4 Å². The number of piperazine rings is 1. The van der Waals surface area contributed by atoms with E-state index in [2.05, 4.69) is 43.1 Å². The first-order chi connectivity index (χ1) is 23.5. The highest BCUT2D eigenvalue weighted by Crippen LogP contribution is 2.29. The van der Waals surface area contributed by atoms with Crippen molar-refractivity contribution in [2.75, 3.05) is 64.2 Å². The number of aryl methyl sites for hydroxylation is 2. The molecule has 4 aliphatic heterocycles. The lowest BCUT2D eigenvalue weighted by molar-refractivity contribution is -0.143. The number of amides is 4. The first kappa shape index (κ1) is 34.9. The third kappa shape index (κ3) is 8.27. The molecule has 1 atom stereocenters. The summed E-state index contributed by atoms with van der Waals surface area (Å²) in [5, 5.41) is 12.1. The second-order valence-corrected chi connectivity index (χ2v) is 14.5. The van der Waals surface area contributed by atoms with Crippen LogP contribution in [0.5, 0.6) is 0 Å². The SMILES string of the molecule is Cc1cc(CC(CC(=O)N2CCC(N3Cc4ccccc4NC3=O)CC2)C(=O)N2CCC(N3CCN(CC(=O)O)CC3)CC2)cc(C)c1C. The normalized spacial score (nSPS) is 20.6. The van der Waals surface area contributed by atoms with Crippen LogP contribution in [0.4, 0.5) is 10.5 Å². The Labute approximate surface area is 290 Å². The number of rotatable bonds is 9. The van der Waals surface area contributed by atoms with E-state index in [4.69, 9.17) is 5.11 Å². The van der Waals surface area contributed by atoms with Crippen molar-refractivity contribution in [2.24, 2.45) is 5.92 Å². The molecule has 0 spiro atoms. The average Bonchev–Trinajstić information content (AvgIpc) is 3.10. The zero-order chi connectivity index (χ0) is 34.7. The van der Waals surface area contributed by atoms with Gasteiger partial charge in [-0.2, -0.15) is 0 Å². The third-order valence-electron chi connectivity index (χ3n) is 11.4. The van der Waals surface area contributed by atoms with Crippen molar-refractivity contribution in [3.63, 3.8) is 0 Å².